The van der Waals surface area contributed by atoms with E-state index in [1.807, 2.05) is 36.4 Å². The predicted molar refractivity (Wildman–Crippen MR) is 129 cm³/mol. The molecule has 160 valence electrons. The number of nitrogens with zero attached hydrogens (tertiary/aromatic N) is 2. The molecule has 0 unspecified atom stereocenters. The topological polar surface area (TPSA) is 79.7 Å². The van der Waals surface area contributed by atoms with E-state index in [1.165, 1.54) is 27.6 Å². The number of benzene rings is 2. The molecule has 32 heavy (non-hydrogen) atoms. The Morgan fingerprint density at radius 2 is 2.03 bits per heavy atom. The normalized spacial score (nSPS) is 16.2. The lowest BCUT2D eigenvalue weighted by Gasteiger charge is -2.24. The first-order chi connectivity index (χ1) is 15.5. The number of aliphatic hydroxyl groups excluding tert-OH is 1. The van der Waals surface area contributed by atoms with E-state index < -0.39 is 17.7 Å². The van der Waals surface area contributed by atoms with Crippen LogP contribution in [0, 0.1) is 0 Å². The van der Waals surface area contributed by atoms with Crippen molar-refractivity contribution in [2.24, 2.45) is 0 Å². The number of carbonyl (C=O) groups is 2. The third-order valence-corrected chi connectivity index (χ3v) is 7.53. The predicted octanol–water partition coefficient (Wildman–Crippen LogP) is 5.91. The number of methoxy groups -OCH3 is 1. The number of aromatic nitrogens is 1. The van der Waals surface area contributed by atoms with Crippen molar-refractivity contribution in [2.45, 2.75) is 6.04 Å². The van der Waals surface area contributed by atoms with Crippen molar-refractivity contribution < 1.29 is 19.4 Å². The molecule has 0 bridgehead atoms. The highest BCUT2D eigenvalue weighted by molar-refractivity contribution is 9.10. The van der Waals surface area contributed by atoms with Crippen LogP contribution in [0.4, 0.5) is 5.13 Å². The van der Waals surface area contributed by atoms with Crippen molar-refractivity contribution in [1.29, 1.82) is 0 Å². The molecule has 1 N–H and O–H groups in total. The molecule has 2 aromatic heterocycles. The Balaban J connectivity index is 1.68. The van der Waals surface area contributed by atoms with E-state index in [9.17, 15) is 14.7 Å². The van der Waals surface area contributed by atoms with Gasteiger partial charge < -0.3 is 9.84 Å². The van der Waals surface area contributed by atoms with Gasteiger partial charge in [0, 0.05) is 4.47 Å². The van der Waals surface area contributed by atoms with Crippen LogP contribution in [0.1, 0.15) is 21.3 Å². The maximum Gasteiger partial charge on any atom is 0.296 e. The lowest BCUT2D eigenvalue weighted by atomic mass is 9.96. The zero-order chi connectivity index (χ0) is 22.4. The average Bonchev–Trinajstić information content (AvgIpc) is 3.51. The van der Waals surface area contributed by atoms with Crippen LogP contribution >= 0.6 is 38.6 Å². The Kier molecular flexibility index (Phi) is 5.32. The Labute approximate surface area is 199 Å². The number of rotatable bonds is 5. The highest BCUT2D eigenvalue weighted by atomic mass is 79.9. The van der Waals surface area contributed by atoms with Crippen molar-refractivity contribution in [3.05, 3.63) is 86.2 Å². The van der Waals surface area contributed by atoms with Gasteiger partial charge in [-0.15, -0.1) is 11.3 Å². The molecule has 0 spiro atoms. The molecule has 0 saturated heterocycles. The van der Waals surface area contributed by atoms with Crippen LogP contribution in [0.15, 0.2) is 75.8 Å². The van der Waals surface area contributed by atoms with Crippen LogP contribution in [0.25, 0.3) is 10.2 Å². The Morgan fingerprint density at radius 1 is 1.19 bits per heavy atom. The number of fused-ring (bicyclic) bond motifs is 1. The molecule has 0 fully saturated rings. The number of thiazole rings is 1. The van der Waals surface area contributed by atoms with Gasteiger partial charge in [-0.05, 0) is 47.3 Å². The summed E-state index contributed by atoms with van der Waals surface area (Å²) < 4.78 is 6.92. The maximum atomic E-state index is 13.3. The summed E-state index contributed by atoms with van der Waals surface area (Å²) >= 11 is 6.03. The van der Waals surface area contributed by atoms with Gasteiger partial charge >= 0.3 is 0 Å². The second-order valence-electron chi connectivity index (χ2n) is 7.03. The summed E-state index contributed by atoms with van der Waals surface area (Å²) in [6, 6.07) is 15.4. The summed E-state index contributed by atoms with van der Waals surface area (Å²) in [5.41, 5.74) is 1.44. The average molecular weight is 527 g/mol. The van der Waals surface area contributed by atoms with Gasteiger partial charge in [-0.25, -0.2) is 4.98 Å². The first-order valence-electron chi connectivity index (χ1n) is 9.53. The summed E-state index contributed by atoms with van der Waals surface area (Å²) in [7, 11) is 1.58. The molecule has 4 aromatic rings. The fourth-order valence-electron chi connectivity index (χ4n) is 3.69. The molecular formula is C23H15BrN2O4S2. The molecule has 3 heterocycles. The third-order valence-electron chi connectivity index (χ3n) is 5.15. The number of anilines is 1. The number of hydrogen-bond donors (Lipinski definition) is 1. The number of carbonyl (C=O) groups excluding carboxylic acids is 2. The van der Waals surface area contributed by atoms with Crippen molar-refractivity contribution in [3.63, 3.8) is 0 Å². The van der Waals surface area contributed by atoms with Gasteiger partial charge in [0.15, 0.2) is 10.9 Å². The molecule has 0 saturated carbocycles. The first-order valence-corrected chi connectivity index (χ1v) is 12.0. The second-order valence-corrected chi connectivity index (χ2v) is 9.90. The van der Waals surface area contributed by atoms with Crippen LogP contribution in [-0.4, -0.2) is 28.9 Å². The fraction of sp³-hybridized carbons (Fsp3) is 0.0870. The number of thiophene rings is 1. The van der Waals surface area contributed by atoms with Gasteiger partial charge in [-0.3, -0.25) is 14.5 Å². The third kappa shape index (κ3) is 3.42. The van der Waals surface area contributed by atoms with Crippen molar-refractivity contribution in [1.82, 2.24) is 4.98 Å². The van der Waals surface area contributed by atoms with Crippen molar-refractivity contribution >= 4 is 65.6 Å². The summed E-state index contributed by atoms with van der Waals surface area (Å²) in [6.07, 6.45) is 0. The van der Waals surface area contributed by atoms with Gasteiger partial charge in [0.25, 0.3) is 5.91 Å². The zero-order valence-corrected chi connectivity index (χ0v) is 19.8. The highest BCUT2D eigenvalue weighted by Gasteiger charge is 2.46. The van der Waals surface area contributed by atoms with Crippen LogP contribution in [-0.2, 0) is 4.79 Å². The van der Waals surface area contributed by atoms with E-state index in [0.717, 1.165) is 9.17 Å². The number of hydrogen-bond acceptors (Lipinski definition) is 7. The molecule has 1 aliphatic rings. The number of Topliss-reactive ketones (excluding diaryl/α,β-unsaturated/α-hetero) is 1. The summed E-state index contributed by atoms with van der Waals surface area (Å²) in [4.78, 5) is 33.1. The van der Waals surface area contributed by atoms with Gasteiger partial charge in [-0.1, -0.05) is 45.5 Å². The van der Waals surface area contributed by atoms with Crippen LogP contribution in [0.5, 0.6) is 5.75 Å². The smallest absolute Gasteiger partial charge is 0.296 e. The van der Waals surface area contributed by atoms with Crippen molar-refractivity contribution in [3.8, 4) is 5.75 Å². The standard InChI is InChI=1S/C23H15BrN2O4S2/c1-30-14-7-8-15-17(11-14)32-23(25-15)26-19(12-4-2-5-13(24)10-12)18(21(28)22(26)29)20(27)16-6-3-9-31-16/h2-11,19,28H,1H3/t19-/m0/s1. The SMILES string of the molecule is COc1ccc2nc(N3C(=O)C(O)=C(C(=O)c4cccs4)[C@@H]3c3cccc(Br)c3)sc2c1. The molecule has 1 amide bonds. The van der Waals surface area contributed by atoms with E-state index >= 15 is 0 Å². The number of ketones is 1. The molecule has 0 radical (unpaired) electrons. The lowest BCUT2D eigenvalue weighted by molar-refractivity contribution is -0.117. The van der Waals surface area contributed by atoms with Crippen LogP contribution in [0.3, 0.4) is 0 Å². The van der Waals surface area contributed by atoms with E-state index in [-0.39, 0.29) is 11.4 Å². The summed E-state index contributed by atoms with van der Waals surface area (Å²) in [5.74, 6) is -0.897. The van der Waals surface area contributed by atoms with Gasteiger partial charge in [0.05, 0.1) is 33.8 Å². The molecule has 1 atom stereocenters. The monoisotopic (exact) mass is 526 g/mol. The van der Waals surface area contributed by atoms with Crippen molar-refractivity contribution in [2.75, 3.05) is 12.0 Å². The molecule has 1 aliphatic heterocycles. The number of ether oxygens (including phenoxy) is 1. The Bertz CT molecular complexity index is 1390. The van der Waals surface area contributed by atoms with Gasteiger partial charge in [0.1, 0.15) is 5.75 Å². The number of amides is 1. The fourth-order valence-corrected chi connectivity index (χ4v) is 5.81. The largest absolute Gasteiger partial charge is 0.503 e. The lowest BCUT2D eigenvalue weighted by Crippen LogP contribution is -2.30. The number of halogens is 1. The second kappa shape index (κ2) is 8.16. The van der Waals surface area contributed by atoms with E-state index in [4.69, 9.17) is 4.74 Å². The van der Waals surface area contributed by atoms with E-state index in [2.05, 4.69) is 20.9 Å². The van der Waals surface area contributed by atoms with E-state index in [0.29, 0.717) is 26.8 Å². The molecular weight excluding hydrogens is 512 g/mol. The number of aliphatic hydroxyl groups is 1. The molecule has 2 aromatic carbocycles. The minimum absolute atomic E-state index is 0.0485. The van der Waals surface area contributed by atoms with Gasteiger partial charge in [-0.2, -0.15) is 0 Å². The zero-order valence-electron chi connectivity index (χ0n) is 16.6. The quantitative estimate of drug-likeness (QED) is 0.327. The molecule has 0 aliphatic carbocycles. The van der Waals surface area contributed by atoms with Gasteiger partial charge in [0.2, 0.25) is 5.78 Å². The summed E-state index contributed by atoms with van der Waals surface area (Å²) in [6.45, 7) is 0. The minimum atomic E-state index is -0.808. The van der Waals surface area contributed by atoms with E-state index in [1.54, 1.807) is 30.7 Å². The maximum absolute atomic E-state index is 13.3. The first kappa shape index (κ1) is 20.9. The molecule has 5 rings (SSSR count). The molecule has 6 nitrogen and oxygen atoms in total. The Hall–Kier alpha value is -3.01. The van der Waals surface area contributed by atoms with Crippen LogP contribution in [0.2, 0.25) is 0 Å². The Morgan fingerprint density at radius 3 is 2.75 bits per heavy atom. The molecule has 9 heteroatoms. The minimum Gasteiger partial charge on any atom is -0.503 e. The summed E-state index contributed by atoms with van der Waals surface area (Å²) in [5, 5.41) is 13.0. The van der Waals surface area contributed by atoms with Crippen LogP contribution < -0.4 is 9.64 Å². The highest BCUT2D eigenvalue weighted by Crippen LogP contribution is 2.45.